The molecule has 0 aromatic carbocycles. The van der Waals surface area contributed by atoms with Crippen LogP contribution in [0.3, 0.4) is 0 Å². The lowest BCUT2D eigenvalue weighted by Crippen LogP contribution is -2.32. The highest BCUT2D eigenvalue weighted by molar-refractivity contribution is 6.26. The maximum atomic E-state index is 10.9. The molecule has 0 heterocycles. The largest absolute Gasteiger partial charge is 0.421 e. The third-order valence-corrected chi connectivity index (χ3v) is 2.03. The van der Waals surface area contributed by atoms with Crippen LogP contribution in [-0.4, -0.2) is 35.7 Å². The molecule has 2 N–H and O–H groups in total. The Morgan fingerprint density at radius 1 is 1.69 bits per heavy atom. The van der Waals surface area contributed by atoms with Crippen molar-refractivity contribution >= 4 is 22.0 Å². The van der Waals surface area contributed by atoms with Gasteiger partial charge in [-0.15, -0.1) is 0 Å². The van der Waals surface area contributed by atoms with Crippen molar-refractivity contribution in [2.45, 2.75) is 19.4 Å². The Bertz CT molecular complexity index is 164. The monoisotopic (exact) mass is 201 g/mol. The standard InChI is InChI=1S/C7H15N3O2Si/c1-3-9-10-7(11)8-5-4-6-13-12-2/h3H,4-6H2,1-2H3,(H2,8,10,11)/b9-3+. The van der Waals surface area contributed by atoms with E-state index in [0.717, 1.165) is 12.5 Å². The molecule has 0 aromatic heterocycles. The summed E-state index contributed by atoms with van der Waals surface area (Å²) in [5.41, 5.74) is 2.31. The normalized spacial score (nSPS) is 10.3. The van der Waals surface area contributed by atoms with Crippen molar-refractivity contribution in [3.63, 3.8) is 0 Å². The first kappa shape index (κ1) is 12.1. The summed E-state index contributed by atoms with van der Waals surface area (Å²) in [6, 6.07) is 0.715. The van der Waals surface area contributed by atoms with Gasteiger partial charge in [0.2, 0.25) is 9.76 Å². The minimum absolute atomic E-state index is 0.265. The van der Waals surface area contributed by atoms with E-state index in [0.29, 0.717) is 16.3 Å². The van der Waals surface area contributed by atoms with Crippen LogP contribution in [0.25, 0.3) is 0 Å². The van der Waals surface area contributed by atoms with E-state index in [1.807, 2.05) is 0 Å². The van der Waals surface area contributed by atoms with Crippen LogP contribution in [0.5, 0.6) is 0 Å². The first-order valence-electron chi connectivity index (χ1n) is 4.08. The van der Waals surface area contributed by atoms with Gasteiger partial charge >= 0.3 is 6.03 Å². The first-order valence-corrected chi connectivity index (χ1v) is 5.20. The highest BCUT2D eigenvalue weighted by Gasteiger charge is 1.95. The number of amides is 2. The molecule has 0 saturated carbocycles. The molecule has 0 aliphatic carbocycles. The van der Waals surface area contributed by atoms with Gasteiger partial charge in [0.15, 0.2) is 0 Å². The number of carbonyl (C=O) groups is 1. The third-order valence-electron chi connectivity index (χ3n) is 1.18. The average molecular weight is 201 g/mol. The predicted molar refractivity (Wildman–Crippen MR) is 52.9 cm³/mol. The topological polar surface area (TPSA) is 62.7 Å². The van der Waals surface area contributed by atoms with Crippen LogP contribution in [0, 0.1) is 0 Å². The molecule has 5 nitrogen and oxygen atoms in total. The van der Waals surface area contributed by atoms with Gasteiger partial charge in [-0.05, 0) is 19.4 Å². The molecule has 0 unspecified atom stereocenters. The molecular weight excluding hydrogens is 186 g/mol. The summed E-state index contributed by atoms with van der Waals surface area (Å²) in [4.78, 5) is 10.9. The van der Waals surface area contributed by atoms with E-state index in [1.54, 1.807) is 14.0 Å². The zero-order valence-electron chi connectivity index (χ0n) is 7.96. The van der Waals surface area contributed by atoms with Gasteiger partial charge < -0.3 is 9.74 Å². The van der Waals surface area contributed by atoms with Crippen LogP contribution >= 0.6 is 0 Å². The molecule has 0 atom stereocenters. The molecule has 0 rings (SSSR count). The van der Waals surface area contributed by atoms with E-state index in [-0.39, 0.29) is 6.03 Å². The fourth-order valence-electron chi connectivity index (χ4n) is 0.627. The van der Waals surface area contributed by atoms with Gasteiger partial charge in [-0.3, -0.25) is 0 Å². The van der Waals surface area contributed by atoms with Gasteiger partial charge in [0.1, 0.15) is 0 Å². The van der Waals surface area contributed by atoms with Crippen molar-refractivity contribution in [3.05, 3.63) is 0 Å². The van der Waals surface area contributed by atoms with Crippen LogP contribution in [0.1, 0.15) is 13.3 Å². The molecule has 2 radical (unpaired) electrons. The number of hydrazone groups is 1. The van der Waals surface area contributed by atoms with Crippen LogP contribution < -0.4 is 10.7 Å². The van der Waals surface area contributed by atoms with E-state index in [1.165, 1.54) is 6.21 Å². The second-order valence-electron chi connectivity index (χ2n) is 2.21. The molecule has 0 fully saturated rings. The molecule has 6 heteroatoms. The van der Waals surface area contributed by atoms with E-state index >= 15 is 0 Å². The lowest BCUT2D eigenvalue weighted by Gasteiger charge is -2.02. The molecule has 0 aromatic rings. The summed E-state index contributed by atoms with van der Waals surface area (Å²) in [7, 11) is 2.19. The molecule has 0 saturated heterocycles. The van der Waals surface area contributed by atoms with E-state index in [2.05, 4.69) is 15.8 Å². The Balaban J connectivity index is 3.17. The lowest BCUT2D eigenvalue weighted by atomic mass is 10.5. The summed E-state index contributed by atoms with van der Waals surface area (Å²) in [6.07, 6.45) is 2.45. The lowest BCUT2D eigenvalue weighted by molar-refractivity contribution is 0.241. The van der Waals surface area contributed by atoms with E-state index < -0.39 is 0 Å². The van der Waals surface area contributed by atoms with Crippen LogP contribution in [-0.2, 0) is 4.43 Å². The van der Waals surface area contributed by atoms with E-state index in [9.17, 15) is 4.79 Å². The number of carbonyl (C=O) groups excluding carboxylic acids is 1. The van der Waals surface area contributed by atoms with Gasteiger partial charge in [0, 0.05) is 19.9 Å². The number of nitrogens with zero attached hydrogens (tertiary/aromatic N) is 1. The predicted octanol–water partition coefficient (Wildman–Crippen LogP) is 0.365. The Hall–Kier alpha value is -0.883. The van der Waals surface area contributed by atoms with Crippen molar-refractivity contribution < 1.29 is 9.22 Å². The smallest absolute Gasteiger partial charge is 0.335 e. The molecule has 13 heavy (non-hydrogen) atoms. The molecule has 0 aliphatic rings. The van der Waals surface area contributed by atoms with Crippen LogP contribution in [0.4, 0.5) is 4.79 Å². The zero-order chi connectivity index (χ0) is 9.94. The van der Waals surface area contributed by atoms with Gasteiger partial charge in [-0.2, -0.15) is 5.10 Å². The molecule has 0 bridgehead atoms. The Kier molecular flexibility index (Phi) is 8.58. The minimum Gasteiger partial charge on any atom is -0.421 e. The summed E-state index contributed by atoms with van der Waals surface area (Å²) in [5, 5.41) is 6.24. The number of hydrogen-bond donors (Lipinski definition) is 2. The summed E-state index contributed by atoms with van der Waals surface area (Å²) in [5.74, 6) is 0. The maximum absolute atomic E-state index is 10.9. The van der Waals surface area contributed by atoms with Crippen LogP contribution in [0.15, 0.2) is 5.10 Å². The number of hydrogen-bond acceptors (Lipinski definition) is 3. The van der Waals surface area contributed by atoms with Gasteiger partial charge in [0.05, 0.1) is 0 Å². The van der Waals surface area contributed by atoms with Crippen molar-refractivity contribution in [2.24, 2.45) is 5.10 Å². The van der Waals surface area contributed by atoms with Gasteiger partial charge in [-0.25, -0.2) is 10.2 Å². The molecule has 74 valence electrons. The van der Waals surface area contributed by atoms with Gasteiger partial charge in [-0.1, -0.05) is 0 Å². The zero-order valence-corrected chi connectivity index (χ0v) is 8.96. The minimum atomic E-state index is -0.265. The van der Waals surface area contributed by atoms with Crippen molar-refractivity contribution in [2.75, 3.05) is 13.7 Å². The van der Waals surface area contributed by atoms with Crippen LogP contribution in [0.2, 0.25) is 6.04 Å². The number of urea groups is 1. The molecule has 2 amide bonds. The second-order valence-corrected chi connectivity index (χ2v) is 3.40. The summed E-state index contributed by atoms with van der Waals surface area (Å²) in [6.45, 7) is 2.39. The first-order chi connectivity index (χ1) is 6.31. The van der Waals surface area contributed by atoms with Crippen molar-refractivity contribution in [1.29, 1.82) is 0 Å². The SMILES string of the molecule is C/C=N/NC(=O)NCCC[Si]OC. The quantitative estimate of drug-likeness (QED) is 0.282. The highest BCUT2D eigenvalue weighted by Crippen LogP contribution is 1.85. The number of nitrogens with one attached hydrogen (secondary N) is 2. The van der Waals surface area contributed by atoms with Gasteiger partial charge in [0.25, 0.3) is 0 Å². The molecular formula is C7H15N3O2Si. The fraction of sp³-hybridized carbons (Fsp3) is 0.714. The second kappa shape index (κ2) is 9.21. The van der Waals surface area contributed by atoms with E-state index in [4.69, 9.17) is 4.43 Å². The number of rotatable bonds is 6. The Morgan fingerprint density at radius 3 is 3.08 bits per heavy atom. The van der Waals surface area contributed by atoms with Crippen molar-refractivity contribution in [1.82, 2.24) is 10.7 Å². The average Bonchev–Trinajstić information content (AvgIpc) is 2.14. The third kappa shape index (κ3) is 9.03. The Morgan fingerprint density at radius 2 is 2.46 bits per heavy atom. The summed E-state index contributed by atoms with van der Waals surface area (Å²) >= 11 is 0. The molecule has 0 spiro atoms. The maximum Gasteiger partial charge on any atom is 0.335 e. The van der Waals surface area contributed by atoms with Crippen molar-refractivity contribution in [3.8, 4) is 0 Å². The highest BCUT2D eigenvalue weighted by atomic mass is 28.2. The Labute approximate surface area is 80.9 Å². The fourth-order valence-corrected chi connectivity index (χ4v) is 1.15. The molecule has 0 aliphatic heterocycles. The summed E-state index contributed by atoms with van der Waals surface area (Å²) < 4.78 is 4.89.